The first-order chi connectivity index (χ1) is 16.1. The molecule has 0 spiro atoms. The Labute approximate surface area is 218 Å². The second kappa shape index (κ2) is 10.6. The Morgan fingerprint density at radius 1 is 1.09 bits per heavy atom. The van der Waals surface area contributed by atoms with Crippen LogP contribution >= 0.6 is 15.9 Å². The summed E-state index contributed by atoms with van der Waals surface area (Å²) in [5.41, 5.74) is 2.49. The van der Waals surface area contributed by atoms with E-state index in [1.807, 2.05) is 6.92 Å². The van der Waals surface area contributed by atoms with Crippen molar-refractivity contribution in [1.82, 2.24) is 0 Å². The Balaban J connectivity index is 1.43. The third kappa shape index (κ3) is 4.95. The average molecular weight is 536 g/mol. The second-order valence-electron chi connectivity index (χ2n) is 13.5. The number of allylic oxidation sites excluding steroid dienone is 1. The van der Waals surface area contributed by atoms with Crippen molar-refractivity contribution >= 4 is 21.9 Å². The van der Waals surface area contributed by atoms with Crippen molar-refractivity contribution in [3.8, 4) is 0 Å². The van der Waals surface area contributed by atoms with Crippen LogP contribution in [0.4, 0.5) is 0 Å². The molecular weight excluding hydrogens is 484 g/mol. The Kier molecular flexibility index (Phi) is 8.33. The van der Waals surface area contributed by atoms with E-state index in [9.17, 15) is 4.79 Å². The van der Waals surface area contributed by atoms with E-state index in [0.717, 1.165) is 54.8 Å². The molecule has 0 unspecified atom stereocenters. The van der Waals surface area contributed by atoms with Gasteiger partial charge in [0.05, 0.1) is 0 Å². The van der Waals surface area contributed by atoms with E-state index >= 15 is 0 Å². The number of alkyl halides is 1. The van der Waals surface area contributed by atoms with E-state index in [2.05, 4.69) is 56.6 Å². The number of rotatable bonds is 8. The van der Waals surface area contributed by atoms with Gasteiger partial charge in [-0.1, -0.05) is 88.4 Å². The zero-order valence-corrected chi connectivity index (χ0v) is 24.5. The molecular formula is C31H51BrO2. The maximum Gasteiger partial charge on any atom is 0.319 e. The summed E-state index contributed by atoms with van der Waals surface area (Å²) in [4.78, 5) is 12.2. The van der Waals surface area contributed by atoms with Crippen LogP contribution in [0, 0.1) is 46.3 Å². The number of carbonyl (C=O) groups excluding carboxylic acids is 1. The van der Waals surface area contributed by atoms with Crippen LogP contribution in [0.3, 0.4) is 0 Å². The smallest absolute Gasteiger partial charge is 0.319 e. The highest BCUT2D eigenvalue weighted by Gasteiger charge is 2.59. The maximum absolute atomic E-state index is 12.4. The third-order valence-corrected chi connectivity index (χ3v) is 12.2. The average Bonchev–Trinajstić information content (AvgIpc) is 3.15. The van der Waals surface area contributed by atoms with E-state index in [0.29, 0.717) is 10.8 Å². The first kappa shape index (κ1) is 26.7. The summed E-state index contributed by atoms with van der Waals surface area (Å²) in [5.74, 6) is 5.18. The fraction of sp³-hybridized carbons (Fsp3) is 0.903. The molecule has 0 aromatic carbocycles. The number of fused-ring (bicyclic) bond motifs is 5. The normalized spacial score (nSPS) is 41.2. The number of hydrogen-bond acceptors (Lipinski definition) is 2. The van der Waals surface area contributed by atoms with Gasteiger partial charge in [-0.3, -0.25) is 4.79 Å². The van der Waals surface area contributed by atoms with Gasteiger partial charge in [-0.25, -0.2) is 0 Å². The number of esters is 1. The summed E-state index contributed by atoms with van der Waals surface area (Å²) in [6.07, 6.45) is 17.9. The number of halogens is 1. The van der Waals surface area contributed by atoms with Crippen LogP contribution in [0.25, 0.3) is 0 Å². The molecule has 0 heterocycles. The van der Waals surface area contributed by atoms with E-state index in [1.54, 1.807) is 5.57 Å². The SMILES string of the molecule is CC[C@@H](Br)C(=O)O[C@H]1CC[C@@]2(C)C(=CC[C@@H]3[C@H]4CC[C@@H]([C@@H](C)CCCC(C)C)[C@@]4(C)CC[C@H]32)C1. The van der Waals surface area contributed by atoms with Crippen LogP contribution in [-0.2, 0) is 9.53 Å². The predicted molar refractivity (Wildman–Crippen MR) is 146 cm³/mol. The molecule has 9 atom stereocenters. The first-order valence-electron chi connectivity index (χ1n) is 14.6. The molecule has 4 rings (SSSR count). The molecule has 0 aliphatic heterocycles. The van der Waals surface area contributed by atoms with Gasteiger partial charge in [-0.2, -0.15) is 0 Å². The van der Waals surface area contributed by atoms with Crippen molar-refractivity contribution in [2.45, 2.75) is 130 Å². The van der Waals surface area contributed by atoms with Crippen LogP contribution in [0.5, 0.6) is 0 Å². The van der Waals surface area contributed by atoms with Gasteiger partial charge in [0.15, 0.2) is 0 Å². The summed E-state index contributed by atoms with van der Waals surface area (Å²) < 4.78 is 5.92. The summed E-state index contributed by atoms with van der Waals surface area (Å²) in [6, 6.07) is 0. The summed E-state index contributed by atoms with van der Waals surface area (Å²) in [6.45, 7) is 14.6. The molecule has 0 saturated heterocycles. The molecule has 3 saturated carbocycles. The lowest BCUT2D eigenvalue weighted by atomic mass is 9.47. The Bertz CT molecular complexity index is 759. The van der Waals surface area contributed by atoms with Gasteiger partial charge in [0.2, 0.25) is 0 Å². The van der Waals surface area contributed by atoms with Crippen LogP contribution in [0.1, 0.15) is 119 Å². The van der Waals surface area contributed by atoms with E-state index in [4.69, 9.17) is 4.74 Å². The third-order valence-electron chi connectivity index (χ3n) is 11.2. The highest BCUT2D eigenvalue weighted by molar-refractivity contribution is 9.10. The maximum atomic E-state index is 12.4. The minimum atomic E-state index is -0.162. The van der Waals surface area contributed by atoms with Crippen molar-refractivity contribution in [1.29, 1.82) is 0 Å². The lowest BCUT2D eigenvalue weighted by Gasteiger charge is -2.58. The van der Waals surface area contributed by atoms with Gasteiger partial charge in [0.25, 0.3) is 0 Å². The Morgan fingerprint density at radius 3 is 2.56 bits per heavy atom. The molecule has 0 aromatic heterocycles. The van der Waals surface area contributed by atoms with E-state index < -0.39 is 0 Å². The minimum Gasteiger partial charge on any atom is -0.461 e. The van der Waals surface area contributed by atoms with Gasteiger partial charge in [0.1, 0.15) is 10.9 Å². The van der Waals surface area contributed by atoms with Crippen molar-refractivity contribution < 1.29 is 9.53 Å². The second-order valence-corrected chi connectivity index (χ2v) is 14.6. The van der Waals surface area contributed by atoms with E-state index in [-0.39, 0.29) is 16.9 Å². The quantitative estimate of drug-likeness (QED) is 0.176. The zero-order chi connectivity index (χ0) is 24.7. The van der Waals surface area contributed by atoms with Crippen LogP contribution < -0.4 is 0 Å². The highest BCUT2D eigenvalue weighted by Crippen LogP contribution is 2.67. The molecule has 4 aliphatic rings. The fourth-order valence-corrected chi connectivity index (χ4v) is 9.27. The minimum absolute atomic E-state index is 0.0710. The molecule has 3 fully saturated rings. The predicted octanol–water partition coefficient (Wildman–Crippen LogP) is 9.11. The van der Waals surface area contributed by atoms with Crippen LogP contribution in [0.15, 0.2) is 11.6 Å². The summed E-state index contributed by atoms with van der Waals surface area (Å²) in [5, 5.41) is 0. The lowest BCUT2D eigenvalue weighted by Crippen LogP contribution is -2.51. The van der Waals surface area contributed by atoms with Gasteiger partial charge < -0.3 is 4.74 Å². The molecule has 0 bridgehead atoms. The molecule has 194 valence electrons. The lowest BCUT2D eigenvalue weighted by molar-refractivity contribution is -0.150. The summed E-state index contributed by atoms with van der Waals surface area (Å²) >= 11 is 3.47. The van der Waals surface area contributed by atoms with Crippen molar-refractivity contribution in [3.63, 3.8) is 0 Å². The van der Waals surface area contributed by atoms with Gasteiger partial charge in [-0.05, 0) is 97.7 Å². The van der Waals surface area contributed by atoms with Gasteiger partial charge in [-0.15, -0.1) is 0 Å². The van der Waals surface area contributed by atoms with Crippen LogP contribution in [-0.4, -0.2) is 16.9 Å². The Morgan fingerprint density at radius 2 is 1.85 bits per heavy atom. The Hall–Kier alpha value is -0.310. The first-order valence-corrected chi connectivity index (χ1v) is 15.6. The highest BCUT2D eigenvalue weighted by atomic mass is 79.9. The molecule has 34 heavy (non-hydrogen) atoms. The molecule has 4 aliphatic carbocycles. The molecule has 2 nitrogen and oxygen atoms in total. The molecule has 0 radical (unpaired) electrons. The monoisotopic (exact) mass is 534 g/mol. The van der Waals surface area contributed by atoms with Crippen molar-refractivity contribution in [2.24, 2.45) is 46.3 Å². The topological polar surface area (TPSA) is 26.3 Å². The number of hydrogen-bond donors (Lipinski definition) is 0. The molecule has 3 heteroatoms. The number of ether oxygens (including phenoxy) is 1. The zero-order valence-electron chi connectivity index (χ0n) is 22.9. The van der Waals surface area contributed by atoms with Crippen LogP contribution in [0.2, 0.25) is 0 Å². The standard InChI is InChI=1S/C31H51BrO2/c1-7-28(32)29(33)34-23-15-17-30(5)22(19-23)11-12-24-26-14-13-25(21(4)10-8-9-20(2)3)31(26,6)18-16-27(24)30/h11,20-21,23-28H,7-10,12-19H2,1-6H3/t21-,23-,24+,25-,26+,27+,28+,30-,31+/m0/s1. The van der Waals surface area contributed by atoms with Gasteiger partial charge in [0, 0.05) is 6.42 Å². The van der Waals surface area contributed by atoms with E-state index in [1.165, 1.54) is 57.8 Å². The molecule has 0 aromatic rings. The molecule has 0 N–H and O–H groups in total. The molecule has 0 amide bonds. The van der Waals surface area contributed by atoms with Gasteiger partial charge >= 0.3 is 5.97 Å². The van der Waals surface area contributed by atoms with Crippen molar-refractivity contribution in [3.05, 3.63) is 11.6 Å². The fourth-order valence-electron chi connectivity index (χ4n) is 9.16. The summed E-state index contributed by atoms with van der Waals surface area (Å²) in [7, 11) is 0. The number of carbonyl (C=O) groups is 1. The van der Waals surface area contributed by atoms with Crippen molar-refractivity contribution in [2.75, 3.05) is 0 Å². The largest absolute Gasteiger partial charge is 0.461 e.